The predicted molar refractivity (Wildman–Crippen MR) is 122 cm³/mol. The van der Waals surface area contributed by atoms with Crippen LogP contribution in [0.3, 0.4) is 0 Å². The summed E-state index contributed by atoms with van der Waals surface area (Å²) < 4.78 is 5.89. The van der Waals surface area contributed by atoms with E-state index in [2.05, 4.69) is 31.5 Å². The molecule has 0 bridgehead atoms. The first kappa shape index (κ1) is 20.9. The number of hydrogen-bond acceptors (Lipinski definition) is 4. The fourth-order valence-electron chi connectivity index (χ4n) is 3.19. The van der Waals surface area contributed by atoms with Crippen molar-refractivity contribution in [3.63, 3.8) is 0 Å². The lowest BCUT2D eigenvalue weighted by Crippen LogP contribution is -2.35. The molecule has 0 radical (unpaired) electrons. The highest BCUT2D eigenvalue weighted by Gasteiger charge is 2.19. The van der Waals surface area contributed by atoms with Crippen molar-refractivity contribution in [1.29, 1.82) is 0 Å². The summed E-state index contributed by atoms with van der Waals surface area (Å²) in [6.45, 7) is 1.91. The molecule has 1 heterocycles. The topological polar surface area (TPSA) is 53.6 Å². The highest BCUT2D eigenvalue weighted by Crippen LogP contribution is 2.35. The van der Waals surface area contributed by atoms with Crippen LogP contribution in [0.1, 0.15) is 29.6 Å². The monoisotopic (exact) mass is 481 g/mol. The van der Waals surface area contributed by atoms with Gasteiger partial charge in [-0.3, -0.25) is 10.1 Å². The van der Waals surface area contributed by atoms with Gasteiger partial charge in [0.15, 0.2) is 5.11 Å². The number of methoxy groups -OCH3 is 1. The van der Waals surface area contributed by atoms with Crippen molar-refractivity contribution in [3.05, 3.63) is 51.5 Å². The minimum Gasteiger partial charge on any atom is -0.496 e. The van der Waals surface area contributed by atoms with Crippen LogP contribution >= 0.6 is 39.7 Å². The van der Waals surface area contributed by atoms with E-state index >= 15 is 0 Å². The lowest BCUT2D eigenvalue weighted by Gasteiger charge is -2.31. The van der Waals surface area contributed by atoms with Crippen LogP contribution < -0.4 is 20.3 Å². The minimum atomic E-state index is -0.303. The number of halogens is 2. The van der Waals surface area contributed by atoms with E-state index in [9.17, 15) is 4.79 Å². The Kier molecular flexibility index (Phi) is 7.15. The Morgan fingerprint density at radius 1 is 1.21 bits per heavy atom. The van der Waals surface area contributed by atoms with E-state index in [1.807, 2.05) is 18.2 Å². The molecule has 1 saturated heterocycles. The molecule has 1 amide bonds. The Bertz CT molecular complexity index is 888. The Hall–Kier alpha value is -1.83. The van der Waals surface area contributed by atoms with Crippen LogP contribution in [0.4, 0.5) is 11.4 Å². The van der Waals surface area contributed by atoms with Gasteiger partial charge in [0.1, 0.15) is 5.75 Å². The number of thiocarbonyl (C=S) groups is 1. The summed E-state index contributed by atoms with van der Waals surface area (Å²) >= 11 is 15.2. The standard InChI is InChI=1S/C20H21BrClN3O2S/c1-27-17-9-8-13(12-14(17)21)19(26)24-20(28)23-16-7-5-6-15(22)18(16)25-10-3-2-4-11-25/h5-9,12H,2-4,10-11H2,1H3,(H2,23,24,26,28). The first-order valence-electron chi connectivity index (χ1n) is 8.99. The van der Waals surface area contributed by atoms with Crippen molar-refractivity contribution in [2.75, 3.05) is 30.4 Å². The Morgan fingerprint density at radius 2 is 1.96 bits per heavy atom. The zero-order valence-corrected chi connectivity index (χ0v) is 18.6. The molecule has 148 valence electrons. The van der Waals surface area contributed by atoms with Crippen molar-refractivity contribution in [3.8, 4) is 5.75 Å². The van der Waals surface area contributed by atoms with Crippen molar-refractivity contribution in [2.45, 2.75) is 19.3 Å². The second kappa shape index (κ2) is 9.58. The van der Waals surface area contributed by atoms with E-state index in [4.69, 9.17) is 28.6 Å². The molecule has 1 aliphatic heterocycles. The van der Waals surface area contributed by atoms with Crippen LogP contribution in [0.25, 0.3) is 0 Å². The first-order valence-corrected chi connectivity index (χ1v) is 10.6. The number of carbonyl (C=O) groups excluding carboxylic acids is 1. The second-order valence-electron chi connectivity index (χ2n) is 6.44. The summed E-state index contributed by atoms with van der Waals surface area (Å²) in [7, 11) is 1.57. The fraction of sp³-hybridized carbons (Fsp3) is 0.300. The molecule has 0 unspecified atom stereocenters. The number of ether oxygens (including phenoxy) is 1. The molecular weight excluding hydrogens is 462 g/mol. The fourth-order valence-corrected chi connectivity index (χ4v) is 4.23. The highest BCUT2D eigenvalue weighted by molar-refractivity contribution is 9.10. The van der Waals surface area contributed by atoms with Crippen LogP contribution in [0.15, 0.2) is 40.9 Å². The van der Waals surface area contributed by atoms with Gasteiger partial charge in [0.25, 0.3) is 5.91 Å². The van der Waals surface area contributed by atoms with Crippen LogP contribution in [0.5, 0.6) is 5.75 Å². The summed E-state index contributed by atoms with van der Waals surface area (Å²) in [5.74, 6) is 0.352. The molecule has 1 aliphatic rings. The molecule has 0 atom stereocenters. The van der Waals surface area contributed by atoms with Gasteiger partial charge in [-0.1, -0.05) is 17.7 Å². The van der Waals surface area contributed by atoms with Gasteiger partial charge in [-0.05, 0) is 77.7 Å². The van der Waals surface area contributed by atoms with Crippen molar-refractivity contribution in [2.24, 2.45) is 0 Å². The van der Waals surface area contributed by atoms with Gasteiger partial charge in [0.2, 0.25) is 0 Å². The molecule has 2 aromatic carbocycles. The third kappa shape index (κ3) is 4.96. The number of anilines is 2. The van der Waals surface area contributed by atoms with Crippen LogP contribution in [0, 0.1) is 0 Å². The number of amides is 1. The number of carbonyl (C=O) groups is 1. The molecule has 2 aromatic rings. The third-order valence-corrected chi connectivity index (χ3v) is 5.68. The maximum Gasteiger partial charge on any atom is 0.257 e. The lowest BCUT2D eigenvalue weighted by molar-refractivity contribution is 0.0977. The average molecular weight is 483 g/mol. The molecular formula is C20H21BrClN3O2S. The number of piperidine rings is 1. The molecule has 28 heavy (non-hydrogen) atoms. The Balaban J connectivity index is 1.72. The van der Waals surface area contributed by atoms with Crippen molar-refractivity contribution in [1.82, 2.24) is 5.32 Å². The molecule has 0 saturated carbocycles. The summed E-state index contributed by atoms with van der Waals surface area (Å²) in [6.07, 6.45) is 3.51. The molecule has 5 nitrogen and oxygen atoms in total. The summed E-state index contributed by atoms with van der Waals surface area (Å²) in [4.78, 5) is 14.8. The molecule has 0 aromatic heterocycles. The SMILES string of the molecule is COc1ccc(C(=O)NC(=S)Nc2cccc(Cl)c2N2CCCCC2)cc1Br. The zero-order chi connectivity index (χ0) is 20.1. The lowest BCUT2D eigenvalue weighted by atomic mass is 10.1. The van der Waals surface area contributed by atoms with Crippen molar-refractivity contribution >= 4 is 62.1 Å². The molecule has 3 rings (SSSR count). The molecule has 2 N–H and O–H groups in total. The molecule has 0 aliphatic carbocycles. The summed E-state index contributed by atoms with van der Waals surface area (Å²) in [5, 5.41) is 6.73. The quantitative estimate of drug-likeness (QED) is 0.585. The van der Waals surface area contributed by atoms with Gasteiger partial charge in [0.05, 0.1) is 28.0 Å². The zero-order valence-electron chi connectivity index (χ0n) is 15.4. The van der Waals surface area contributed by atoms with Gasteiger partial charge in [-0.15, -0.1) is 0 Å². The number of benzene rings is 2. The van der Waals surface area contributed by atoms with Crippen molar-refractivity contribution < 1.29 is 9.53 Å². The highest BCUT2D eigenvalue weighted by atomic mass is 79.9. The Labute approximate surface area is 183 Å². The predicted octanol–water partition coefficient (Wildman–Crippen LogP) is 5.23. The molecule has 8 heteroatoms. The van der Waals surface area contributed by atoms with Crippen LogP contribution in [-0.2, 0) is 0 Å². The van der Waals surface area contributed by atoms with Gasteiger partial charge >= 0.3 is 0 Å². The van der Waals surface area contributed by atoms with E-state index in [-0.39, 0.29) is 11.0 Å². The van der Waals surface area contributed by atoms with Gasteiger partial charge < -0.3 is 15.0 Å². The molecule has 0 spiro atoms. The van der Waals surface area contributed by atoms with E-state index in [0.717, 1.165) is 37.3 Å². The van der Waals surface area contributed by atoms with E-state index in [0.29, 0.717) is 20.8 Å². The minimum absolute atomic E-state index is 0.220. The average Bonchev–Trinajstić information content (AvgIpc) is 2.68. The van der Waals surface area contributed by atoms with E-state index in [1.165, 1.54) is 6.42 Å². The number of nitrogens with one attached hydrogen (secondary N) is 2. The van der Waals surface area contributed by atoms with E-state index in [1.54, 1.807) is 25.3 Å². The maximum absolute atomic E-state index is 12.5. The molecule has 1 fully saturated rings. The largest absolute Gasteiger partial charge is 0.496 e. The maximum atomic E-state index is 12.5. The smallest absolute Gasteiger partial charge is 0.257 e. The second-order valence-corrected chi connectivity index (χ2v) is 8.11. The van der Waals surface area contributed by atoms with Crippen LogP contribution in [0.2, 0.25) is 5.02 Å². The van der Waals surface area contributed by atoms with Gasteiger partial charge in [0, 0.05) is 18.7 Å². The van der Waals surface area contributed by atoms with E-state index < -0.39 is 0 Å². The van der Waals surface area contributed by atoms with Gasteiger partial charge in [-0.2, -0.15) is 0 Å². The summed E-state index contributed by atoms with van der Waals surface area (Å²) in [6, 6.07) is 10.7. The van der Waals surface area contributed by atoms with Gasteiger partial charge in [-0.25, -0.2) is 0 Å². The summed E-state index contributed by atoms with van der Waals surface area (Å²) in [5.41, 5.74) is 2.18. The normalized spacial score (nSPS) is 13.8. The number of rotatable bonds is 4. The number of hydrogen-bond donors (Lipinski definition) is 2. The number of para-hydroxylation sites is 1. The first-order chi connectivity index (χ1) is 13.5. The number of nitrogens with zero attached hydrogens (tertiary/aromatic N) is 1. The Morgan fingerprint density at radius 3 is 2.64 bits per heavy atom. The van der Waals surface area contributed by atoms with Crippen LogP contribution in [-0.4, -0.2) is 31.2 Å². The third-order valence-electron chi connectivity index (χ3n) is 4.55.